The molecule has 1 fully saturated rings. The fraction of sp³-hybridized carbons (Fsp3) is 0.320. The molecule has 3 atom stereocenters. The molecular formula is C25H22F3N5O2S. The fourth-order valence-corrected chi connectivity index (χ4v) is 6.31. The zero-order chi connectivity index (χ0) is 25.7. The van der Waals surface area contributed by atoms with E-state index in [-0.39, 0.29) is 51.0 Å². The predicted molar refractivity (Wildman–Crippen MR) is 133 cm³/mol. The van der Waals surface area contributed by atoms with Gasteiger partial charge in [-0.25, -0.2) is 23.1 Å². The Hall–Kier alpha value is -3.49. The van der Waals surface area contributed by atoms with Gasteiger partial charge in [0.05, 0.1) is 29.3 Å². The maximum atomic E-state index is 15.2. The highest BCUT2D eigenvalue weighted by molar-refractivity contribution is 8.15. The van der Waals surface area contributed by atoms with E-state index in [4.69, 9.17) is 21.6 Å². The third-order valence-corrected chi connectivity index (χ3v) is 7.83. The van der Waals surface area contributed by atoms with Crippen LogP contribution in [0, 0.1) is 35.7 Å². The molecule has 0 amide bonds. The predicted octanol–water partition coefficient (Wildman–Crippen LogP) is 4.48. The van der Waals surface area contributed by atoms with Crippen LogP contribution in [0.4, 0.5) is 24.7 Å². The third kappa shape index (κ3) is 4.00. The van der Waals surface area contributed by atoms with Gasteiger partial charge in [-0.15, -0.1) is 6.42 Å². The van der Waals surface area contributed by atoms with Crippen molar-refractivity contribution in [1.29, 1.82) is 0 Å². The molecule has 0 spiro atoms. The summed E-state index contributed by atoms with van der Waals surface area (Å²) in [5, 5.41) is 3.36. The molecule has 2 aromatic heterocycles. The molecule has 5 rings (SSSR count). The number of rotatable bonds is 7. The average Bonchev–Trinajstić information content (AvgIpc) is 3.56. The summed E-state index contributed by atoms with van der Waals surface area (Å²) in [7, 11) is 1.59. The van der Waals surface area contributed by atoms with Gasteiger partial charge >= 0.3 is 0 Å². The SMILES string of the molecule is C#CCOc1cnc2c(Nc3cc(F)c(F)c([C@@]4(C)N=C(N)S[C@@]5(COC)C[C@H]54)c3)ncc(F)c2c1. The van der Waals surface area contributed by atoms with Gasteiger partial charge in [0.25, 0.3) is 0 Å². The monoisotopic (exact) mass is 513 g/mol. The lowest BCUT2D eigenvalue weighted by Gasteiger charge is -2.34. The summed E-state index contributed by atoms with van der Waals surface area (Å²) >= 11 is 1.41. The molecule has 1 aliphatic carbocycles. The Balaban J connectivity index is 1.54. The molecule has 0 unspecified atom stereocenters. The van der Waals surface area contributed by atoms with Crippen LogP contribution in [-0.4, -0.2) is 40.2 Å². The number of nitrogens with zero attached hydrogens (tertiary/aromatic N) is 3. The van der Waals surface area contributed by atoms with E-state index < -0.39 is 23.0 Å². The van der Waals surface area contributed by atoms with Gasteiger partial charge < -0.3 is 20.5 Å². The van der Waals surface area contributed by atoms with Gasteiger partial charge in [-0.3, -0.25) is 4.99 Å². The topological polar surface area (TPSA) is 94.7 Å². The van der Waals surface area contributed by atoms with Gasteiger partial charge in [0.2, 0.25) is 0 Å². The van der Waals surface area contributed by atoms with E-state index in [1.165, 1.54) is 30.1 Å². The number of fused-ring (bicyclic) bond motifs is 2. The summed E-state index contributed by atoms with van der Waals surface area (Å²) < 4.78 is 54.9. The number of aliphatic imine (C=N–C) groups is 1. The molecule has 3 aromatic rings. The minimum Gasteiger partial charge on any atom is -0.479 e. The Morgan fingerprint density at radius 1 is 1.22 bits per heavy atom. The largest absolute Gasteiger partial charge is 0.479 e. The van der Waals surface area contributed by atoms with Crippen LogP contribution < -0.4 is 15.8 Å². The van der Waals surface area contributed by atoms with Crippen LogP contribution in [0.3, 0.4) is 0 Å². The smallest absolute Gasteiger partial charge is 0.164 e. The van der Waals surface area contributed by atoms with E-state index >= 15 is 4.39 Å². The highest BCUT2D eigenvalue weighted by atomic mass is 32.2. The van der Waals surface area contributed by atoms with Crippen LogP contribution in [0.15, 0.2) is 35.6 Å². The molecule has 186 valence electrons. The minimum absolute atomic E-state index is 0.000436. The molecule has 0 bridgehead atoms. The summed E-state index contributed by atoms with van der Waals surface area (Å²) in [5.41, 5.74) is 5.43. The molecule has 0 saturated heterocycles. The third-order valence-electron chi connectivity index (χ3n) is 6.55. The van der Waals surface area contributed by atoms with Gasteiger partial charge in [0.1, 0.15) is 17.9 Å². The van der Waals surface area contributed by atoms with Crippen molar-refractivity contribution in [3.05, 3.63) is 53.6 Å². The first-order valence-electron chi connectivity index (χ1n) is 11.0. The molecule has 0 radical (unpaired) electrons. The van der Waals surface area contributed by atoms with Crippen molar-refractivity contribution in [2.24, 2.45) is 16.6 Å². The summed E-state index contributed by atoms with van der Waals surface area (Å²) in [6.07, 6.45) is 8.28. The highest BCUT2D eigenvalue weighted by Crippen LogP contribution is 2.66. The number of terminal acetylenes is 1. The number of nitrogens with one attached hydrogen (secondary N) is 1. The summed E-state index contributed by atoms with van der Waals surface area (Å²) in [6, 6.07) is 3.92. The summed E-state index contributed by atoms with van der Waals surface area (Å²) in [4.78, 5) is 12.8. The number of thioether (sulfide) groups is 1. The van der Waals surface area contributed by atoms with Crippen LogP contribution in [0.2, 0.25) is 0 Å². The summed E-state index contributed by atoms with van der Waals surface area (Å²) in [5.74, 6) is -0.0267. The number of amidine groups is 1. The normalized spacial score (nSPS) is 24.6. The van der Waals surface area contributed by atoms with Gasteiger partial charge in [0.15, 0.2) is 28.4 Å². The lowest BCUT2D eigenvalue weighted by atomic mass is 9.85. The van der Waals surface area contributed by atoms with Crippen molar-refractivity contribution in [1.82, 2.24) is 9.97 Å². The summed E-state index contributed by atoms with van der Waals surface area (Å²) in [6.45, 7) is 2.16. The van der Waals surface area contributed by atoms with Crippen LogP contribution in [0.5, 0.6) is 5.75 Å². The molecule has 3 heterocycles. The second-order valence-electron chi connectivity index (χ2n) is 8.91. The Morgan fingerprint density at radius 3 is 2.78 bits per heavy atom. The van der Waals surface area contributed by atoms with E-state index in [0.717, 1.165) is 12.3 Å². The zero-order valence-electron chi connectivity index (χ0n) is 19.4. The number of hydrogen-bond donors (Lipinski definition) is 2. The second kappa shape index (κ2) is 8.87. The Labute approximate surface area is 209 Å². The van der Waals surface area contributed by atoms with E-state index in [1.54, 1.807) is 14.0 Å². The molecule has 1 aliphatic heterocycles. The fourth-order valence-electron chi connectivity index (χ4n) is 4.86. The lowest BCUT2D eigenvalue weighted by molar-refractivity contribution is 0.184. The Bertz CT molecular complexity index is 1450. The van der Waals surface area contributed by atoms with E-state index in [0.29, 0.717) is 18.2 Å². The van der Waals surface area contributed by atoms with Crippen LogP contribution in [-0.2, 0) is 10.3 Å². The van der Waals surface area contributed by atoms with Gasteiger partial charge in [-0.05, 0) is 25.5 Å². The van der Waals surface area contributed by atoms with Crippen molar-refractivity contribution in [3.63, 3.8) is 0 Å². The molecule has 1 saturated carbocycles. The number of aromatic nitrogens is 2. The zero-order valence-corrected chi connectivity index (χ0v) is 20.3. The Morgan fingerprint density at radius 2 is 2.03 bits per heavy atom. The number of methoxy groups -OCH3 is 1. The van der Waals surface area contributed by atoms with Crippen molar-refractivity contribution >= 4 is 39.3 Å². The quantitative estimate of drug-likeness (QED) is 0.450. The maximum absolute atomic E-state index is 15.2. The first kappa shape index (κ1) is 24.2. The van der Waals surface area contributed by atoms with Crippen molar-refractivity contribution in [3.8, 4) is 18.1 Å². The number of halogens is 3. The van der Waals surface area contributed by atoms with Crippen LogP contribution in [0.1, 0.15) is 18.9 Å². The van der Waals surface area contributed by atoms with Crippen molar-refractivity contribution in [2.45, 2.75) is 23.6 Å². The van der Waals surface area contributed by atoms with Crippen molar-refractivity contribution in [2.75, 3.05) is 25.6 Å². The average molecular weight is 514 g/mol. The molecule has 11 heteroatoms. The highest BCUT2D eigenvalue weighted by Gasteiger charge is 2.66. The van der Waals surface area contributed by atoms with E-state index in [2.05, 4.69) is 26.2 Å². The standard InChI is InChI=1S/C25H22F3N5O2S/c1-4-5-35-14-8-15-18(27)11-31-22(21(15)30-10-14)32-13-6-16(20(28)17(26)7-13)24(2)19-9-25(19,12-34-3)36-23(29)33-24/h1,6-8,10-11,19H,5,9,12H2,2-3H3,(H2,29,33)(H,31,32)/t19-,24+,25+/m0/s1. The van der Waals surface area contributed by atoms with Gasteiger partial charge in [0, 0.05) is 35.7 Å². The lowest BCUT2D eigenvalue weighted by Crippen LogP contribution is -2.37. The van der Waals surface area contributed by atoms with Crippen LogP contribution >= 0.6 is 11.8 Å². The van der Waals surface area contributed by atoms with E-state index in [9.17, 15) is 8.78 Å². The molecular weight excluding hydrogens is 491 g/mol. The number of benzene rings is 1. The Kier molecular flexibility index (Phi) is 5.97. The first-order chi connectivity index (χ1) is 17.2. The number of pyridine rings is 2. The van der Waals surface area contributed by atoms with E-state index in [1.807, 2.05) is 0 Å². The molecule has 7 nitrogen and oxygen atoms in total. The molecule has 1 aromatic carbocycles. The van der Waals surface area contributed by atoms with Gasteiger partial charge in [-0.1, -0.05) is 17.7 Å². The second-order valence-corrected chi connectivity index (χ2v) is 10.3. The minimum atomic E-state index is -1.10. The number of ether oxygens (including phenoxy) is 2. The number of hydrogen-bond acceptors (Lipinski definition) is 8. The first-order valence-corrected chi connectivity index (χ1v) is 11.8. The number of nitrogens with two attached hydrogens (primary N) is 1. The van der Waals surface area contributed by atoms with Gasteiger partial charge in [-0.2, -0.15) is 0 Å². The molecule has 3 N–H and O–H groups in total. The molecule has 2 aliphatic rings. The maximum Gasteiger partial charge on any atom is 0.164 e. The van der Waals surface area contributed by atoms with Crippen molar-refractivity contribution < 1.29 is 22.6 Å². The number of anilines is 2. The molecule has 36 heavy (non-hydrogen) atoms. The van der Waals surface area contributed by atoms with Crippen LogP contribution in [0.25, 0.3) is 10.9 Å².